The molecule has 1 atom stereocenters. The van der Waals surface area contributed by atoms with Gasteiger partial charge in [-0.3, -0.25) is 4.21 Å². The van der Waals surface area contributed by atoms with Crippen LogP contribution in [0.25, 0.3) is 10.9 Å². The van der Waals surface area contributed by atoms with Gasteiger partial charge in [0.05, 0.1) is 16.3 Å². The zero-order valence-corrected chi connectivity index (χ0v) is 8.97. The summed E-state index contributed by atoms with van der Waals surface area (Å²) in [7, 11) is -1.00. The third-order valence-electron chi connectivity index (χ3n) is 2.11. The zero-order valence-electron chi connectivity index (χ0n) is 8.15. The van der Waals surface area contributed by atoms with E-state index >= 15 is 0 Å². The highest BCUT2D eigenvalue weighted by atomic mass is 32.2. The van der Waals surface area contributed by atoms with Crippen LogP contribution in [0.1, 0.15) is 5.56 Å². The SMILES string of the molecule is Cc1ccc2nc(S(C)=O)ccc2c1. The predicted molar refractivity (Wildman–Crippen MR) is 58.8 cm³/mol. The average molecular weight is 205 g/mol. The monoisotopic (exact) mass is 205 g/mol. The molecule has 1 aromatic carbocycles. The maximum Gasteiger partial charge on any atom is 0.127 e. The van der Waals surface area contributed by atoms with Gasteiger partial charge in [-0.2, -0.15) is 0 Å². The van der Waals surface area contributed by atoms with Crippen molar-refractivity contribution in [1.82, 2.24) is 4.98 Å². The van der Waals surface area contributed by atoms with Crippen LogP contribution in [-0.2, 0) is 10.8 Å². The maximum atomic E-state index is 11.2. The minimum atomic E-state index is -1.00. The molecule has 2 nitrogen and oxygen atoms in total. The lowest BCUT2D eigenvalue weighted by Gasteiger charge is -2.00. The highest BCUT2D eigenvalue weighted by Crippen LogP contribution is 2.15. The highest BCUT2D eigenvalue weighted by Gasteiger charge is 2.00. The van der Waals surface area contributed by atoms with Gasteiger partial charge in [-0.05, 0) is 25.1 Å². The summed E-state index contributed by atoms with van der Waals surface area (Å²) in [5.74, 6) is 0. The summed E-state index contributed by atoms with van der Waals surface area (Å²) in [4.78, 5) is 4.32. The summed E-state index contributed by atoms with van der Waals surface area (Å²) in [6.45, 7) is 2.05. The lowest BCUT2D eigenvalue weighted by molar-refractivity contribution is 0.684. The standard InChI is InChI=1S/C11H11NOS/c1-8-3-5-10-9(7-8)4-6-11(12-10)14(2)13/h3-7H,1-2H3. The van der Waals surface area contributed by atoms with E-state index in [-0.39, 0.29) is 0 Å². The van der Waals surface area contributed by atoms with Crippen molar-refractivity contribution in [3.05, 3.63) is 35.9 Å². The molecule has 0 amide bonds. The molecule has 0 saturated heterocycles. The smallest absolute Gasteiger partial charge is 0.127 e. The first kappa shape index (κ1) is 9.34. The van der Waals surface area contributed by atoms with Crippen molar-refractivity contribution in [3.8, 4) is 0 Å². The molecule has 0 aliphatic rings. The third kappa shape index (κ3) is 1.68. The first-order valence-corrected chi connectivity index (χ1v) is 5.93. The van der Waals surface area contributed by atoms with Crippen LogP contribution in [0.5, 0.6) is 0 Å². The van der Waals surface area contributed by atoms with Gasteiger partial charge in [0, 0.05) is 11.6 Å². The summed E-state index contributed by atoms with van der Waals surface area (Å²) in [5.41, 5.74) is 2.12. The van der Waals surface area contributed by atoms with E-state index < -0.39 is 10.8 Å². The Labute approximate surface area is 85.4 Å². The van der Waals surface area contributed by atoms with Crippen molar-refractivity contribution < 1.29 is 4.21 Å². The second kappa shape index (κ2) is 3.50. The molecule has 0 spiro atoms. The Morgan fingerprint density at radius 1 is 1.21 bits per heavy atom. The van der Waals surface area contributed by atoms with Crippen LogP contribution in [0.15, 0.2) is 35.4 Å². The minimum Gasteiger partial charge on any atom is -0.253 e. The quantitative estimate of drug-likeness (QED) is 0.715. The molecule has 1 aromatic heterocycles. The van der Waals surface area contributed by atoms with Crippen LogP contribution in [0.4, 0.5) is 0 Å². The van der Waals surface area contributed by atoms with Crippen LogP contribution < -0.4 is 0 Å². The van der Waals surface area contributed by atoms with Crippen molar-refractivity contribution in [2.24, 2.45) is 0 Å². The summed E-state index contributed by atoms with van der Waals surface area (Å²) in [5, 5.41) is 1.74. The maximum absolute atomic E-state index is 11.2. The molecule has 0 fully saturated rings. The first-order chi connectivity index (χ1) is 6.66. The van der Waals surface area contributed by atoms with E-state index in [0.717, 1.165) is 10.9 Å². The van der Waals surface area contributed by atoms with Crippen molar-refractivity contribution in [1.29, 1.82) is 0 Å². The minimum absolute atomic E-state index is 0.640. The molecular formula is C11H11NOS. The van der Waals surface area contributed by atoms with Crippen LogP contribution in [0.2, 0.25) is 0 Å². The van der Waals surface area contributed by atoms with Crippen LogP contribution in [0.3, 0.4) is 0 Å². The number of nitrogens with zero attached hydrogens (tertiary/aromatic N) is 1. The Balaban J connectivity index is 2.67. The molecule has 0 N–H and O–H groups in total. The Hall–Kier alpha value is -1.22. The van der Waals surface area contributed by atoms with Gasteiger partial charge in [0.2, 0.25) is 0 Å². The summed E-state index contributed by atoms with van der Waals surface area (Å²) in [6.07, 6.45) is 1.64. The number of hydrogen-bond donors (Lipinski definition) is 0. The summed E-state index contributed by atoms with van der Waals surface area (Å²) in [6, 6.07) is 9.83. The van der Waals surface area contributed by atoms with E-state index in [1.807, 2.05) is 31.2 Å². The number of hydrogen-bond acceptors (Lipinski definition) is 2. The van der Waals surface area contributed by atoms with Crippen molar-refractivity contribution in [2.45, 2.75) is 11.9 Å². The van der Waals surface area contributed by atoms with Gasteiger partial charge in [-0.15, -0.1) is 0 Å². The van der Waals surface area contributed by atoms with Crippen molar-refractivity contribution in [2.75, 3.05) is 6.26 Å². The topological polar surface area (TPSA) is 30.0 Å². The fraction of sp³-hybridized carbons (Fsp3) is 0.182. The molecule has 3 heteroatoms. The highest BCUT2D eigenvalue weighted by molar-refractivity contribution is 7.84. The molecule has 2 rings (SSSR count). The van der Waals surface area contributed by atoms with Gasteiger partial charge in [-0.1, -0.05) is 17.7 Å². The van der Waals surface area contributed by atoms with Crippen molar-refractivity contribution >= 4 is 21.7 Å². The Bertz CT molecular complexity index is 508. The molecule has 0 aliphatic carbocycles. The number of rotatable bonds is 1. The molecule has 1 heterocycles. The fourth-order valence-electron chi connectivity index (χ4n) is 1.39. The number of benzene rings is 1. The summed E-state index contributed by atoms with van der Waals surface area (Å²) < 4.78 is 11.2. The lowest BCUT2D eigenvalue weighted by atomic mass is 10.1. The molecule has 14 heavy (non-hydrogen) atoms. The molecular weight excluding hydrogens is 194 g/mol. The Kier molecular flexibility index (Phi) is 2.33. The molecule has 0 saturated carbocycles. The second-order valence-electron chi connectivity index (χ2n) is 3.30. The molecule has 0 aliphatic heterocycles. The Morgan fingerprint density at radius 2 is 2.00 bits per heavy atom. The van der Waals surface area contributed by atoms with Crippen LogP contribution >= 0.6 is 0 Å². The third-order valence-corrected chi connectivity index (χ3v) is 2.93. The Morgan fingerprint density at radius 3 is 2.71 bits per heavy atom. The molecule has 0 bridgehead atoms. The first-order valence-electron chi connectivity index (χ1n) is 4.37. The van der Waals surface area contributed by atoms with Crippen LogP contribution in [0, 0.1) is 6.92 Å². The van der Waals surface area contributed by atoms with E-state index in [4.69, 9.17) is 0 Å². The molecule has 1 unspecified atom stereocenters. The van der Waals surface area contributed by atoms with E-state index in [9.17, 15) is 4.21 Å². The number of fused-ring (bicyclic) bond motifs is 1. The number of pyridine rings is 1. The van der Waals surface area contributed by atoms with Gasteiger partial charge >= 0.3 is 0 Å². The van der Waals surface area contributed by atoms with E-state index in [0.29, 0.717) is 5.03 Å². The number of aromatic nitrogens is 1. The fourth-order valence-corrected chi connectivity index (χ4v) is 1.87. The van der Waals surface area contributed by atoms with Crippen LogP contribution in [-0.4, -0.2) is 15.4 Å². The van der Waals surface area contributed by atoms with E-state index in [1.165, 1.54) is 5.56 Å². The average Bonchev–Trinajstić information content (AvgIpc) is 2.16. The van der Waals surface area contributed by atoms with Gasteiger partial charge in [0.25, 0.3) is 0 Å². The van der Waals surface area contributed by atoms with Gasteiger partial charge in [0.15, 0.2) is 0 Å². The molecule has 72 valence electrons. The number of aryl methyl sites for hydroxylation is 1. The van der Waals surface area contributed by atoms with Gasteiger partial charge < -0.3 is 0 Å². The largest absolute Gasteiger partial charge is 0.253 e. The predicted octanol–water partition coefficient (Wildman–Crippen LogP) is 2.28. The molecule has 2 aromatic rings. The summed E-state index contributed by atoms with van der Waals surface area (Å²) >= 11 is 0. The molecule has 0 radical (unpaired) electrons. The van der Waals surface area contributed by atoms with Crippen molar-refractivity contribution in [3.63, 3.8) is 0 Å². The second-order valence-corrected chi connectivity index (χ2v) is 4.63. The lowest BCUT2D eigenvalue weighted by Crippen LogP contribution is -1.92. The van der Waals surface area contributed by atoms with Gasteiger partial charge in [-0.25, -0.2) is 4.98 Å². The normalized spacial score (nSPS) is 13.0. The van der Waals surface area contributed by atoms with E-state index in [1.54, 1.807) is 6.26 Å². The van der Waals surface area contributed by atoms with E-state index in [2.05, 4.69) is 11.1 Å². The zero-order chi connectivity index (χ0) is 10.1. The van der Waals surface area contributed by atoms with Gasteiger partial charge in [0.1, 0.15) is 5.03 Å².